The number of imidazole rings is 2. The van der Waals surface area contributed by atoms with Gasteiger partial charge in [0.2, 0.25) is 35.2 Å². The van der Waals surface area contributed by atoms with Crippen molar-refractivity contribution in [1.29, 1.82) is 0 Å². The van der Waals surface area contributed by atoms with E-state index in [0.29, 0.717) is 0 Å². The fourth-order valence-corrected chi connectivity index (χ4v) is 10.0. The fraction of sp³-hybridized carbons (Fsp3) is 0.561. The Labute approximate surface area is 440 Å². The summed E-state index contributed by atoms with van der Waals surface area (Å²) in [5, 5.41) is 14.0. The van der Waals surface area contributed by atoms with Crippen LogP contribution in [0.4, 0.5) is 29.5 Å². The number of amides is 1. The zero-order valence-corrected chi connectivity index (χ0v) is 42.9. The predicted octanol–water partition coefficient (Wildman–Crippen LogP) is -0.591. The van der Waals surface area contributed by atoms with Crippen molar-refractivity contribution in [2.24, 2.45) is 0 Å². The number of halogens is 4. The van der Waals surface area contributed by atoms with E-state index in [2.05, 4.69) is 40.0 Å². The highest BCUT2D eigenvalue weighted by Crippen LogP contribution is 2.54. The predicted molar refractivity (Wildman–Crippen MR) is 252 cm³/mol. The Balaban J connectivity index is 0.791. The summed E-state index contributed by atoms with van der Waals surface area (Å²) in [6, 6.07) is -1.52. The normalized spacial score (nSPS) is 26.4. The van der Waals surface area contributed by atoms with Crippen LogP contribution in [0.15, 0.2) is 22.2 Å². The zero-order valence-electron chi connectivity index (χ0n) is 41.1. The Kier molecular flexibility index (Phi) is 19.2. The molecule has 3 fully saturated rings. The maximum Gasteiger partial charge on any atom is 0.472 e. The Morgan fingerprint density at radius 1 is 0.696 bits per heavy atom. The van der Waals surface area contributed by atoms with Crippen LogP contribution in [0.5, 0.6) is 5.75 Å². The molecule has 8 rings (SSSR count). The van der Waals surface area contributed by atoms with Crippen LogP contribution in [0, 0.1) is 30.2 Å². The minimum Gasteiger partial charge on any atom is -0.420 e. The van der Waals surface area contributed by atoms with Crippen molar-refractivity contribution >= 4 is 61.7 Å². The Morgan fingerprint density at radius 3 is 1.63 bits per heavy atom. The molecule has 32 nitrogen and oxygen atoms in total. The number of aliphatic hydroxyl groups excluding tert-OH is 1. The molecule has 1 amide bonds. The number of rotatable bonds is 22. The standard InChI is InChI=1S/C41H51F4N11O21P2/c1-18-23(42)25(44)33(26(45)24(18)43)75-22(58)3-5-67-7-9-69-11-13-70-12-10-68-8-6-66-4-2-21(57)50-27-31-19(73-38(27)55-16-48-28-34(55)51-40(46)53-36(28)60)14-71-79(64,65)77-32-20(15-72-78(62,63)76-31)74-39(30(32)59)56-17-49-29-35(56)52-41(47)54-37(29)61/h16-17,19-20,27,30-32,38-39,59H,2-15H2,1H3,(H,50,57)(H,62,63)(H,64,65)(H3,46,51,53,60)(H3,47,52,54,61)/t19-,20-,27+,30?,31?,32+,38-,39-/m1/s1. The SMILES string of the molecule is Cc1c(F)c(F)c(OC(=O)CCOCCOCCOCCOCCOCCC(=O)N[C@H]2C3OP(=O)(O)OC[C@H]4O[C@@H](n5cnc6c(=O)[nH]c(N)nc65)C(O)[C@H]4OP(=O)(O)OC[C@H]3O[C@H]2n2cnc3c(=O)[nH]c(N)nc32)c(F)c1F. The number of nitrogens with one attached hydrogen (secondary N) is 3. The topological polar surface area (TPSA) is 431 Å². The second-order valence-electron chi connectivity index (χ2n) is 17.2. The molecule has 0 radical (unpaired) electrons. The summed E-state index contributed by atoms with van der Waals surface area (Å²) in [5.41, 5.74) is 8.34. The number of aliphatic hydroxyl groups is 1. The maximum atomic E-state index is 13.9. The number of aromatic nitrogens is 8. The number of H-pyrrole nitrogens is 2. The highest BCUT2D eigenvalue weighted by atomic mass is 31.2. The van der Waals surface area contributed by atoms with Crippen molar-refractivity contribution in [3.8, 4) is 5.75 Å². The van der Waals surface area contributed by atoms with Crippen LogP contribution in [0.2, 0.25) is 0 Å². The van der Waals surface area contributed by atoms with E-state index in [0.717, 1.165) is 28.7 Å². The van der Waals surface area contributed by atoms with E-state index in [1.807, 2.05) is 0 Å². The number of carbonyl (C=O) groups is 2. The average Bonchev–Trinajstić information content (AvgIpc) is 4.26. The van der Waals surface area contributed by atoms with Gasteiger partial charge in [-0.3, -0.25) is 56.4 Å². The molecule has 38 heteroatoms. The number of aromatic amines is 2. The van der Waals surface area contributed by atoms with Crippen LogP contribution in [0.1, 0.15) is 30.9 Å². The van der Waals surface area contributed by atoms with Crippen molar-refractivity contribution in [1.82, 2.24) is 44.4 Å². The molecule has 10 N–H and O–H groups in total. The summed E-state index contributed by atoms with van der Waals surface area (Å²) in [5.74, 6) is -11.1. The minimum absolute atomic E-state index is 0.0202. The van der Waals surface area contributed by atoms with Crippen LogP contribution in [0.25, 0.3) is 22.3 Å². The lowest BCUT2D eigenvalue weighted by Gasteiger charge is -2.29. The third-order valence-electron chi connectivity index (χ3n) is 11.8. The van der Waals surface area contributed by atoms with Crippen LogP contribution < -0.4 is 32.6 Å². The Morgan fingerprint density at radius 2 is 1.13 bits per heavy atom. The summed E-state index contributed by atoms with van der Waals surface area (Å²) < 4.78 is 150. The summed E-state index contributed by atoms with van der Waals surface area (Å²) in [7, 11) is -10.6. The van der Waals surface area contributed by atoms with Gasteiger partial charge < -0.3 is 69.6 Å². The molecule has 0 saturated carbocycles. The number of nitrogen functional groups attached to an aromatic ring is 2. The average molecular weight is 1170 g/mol. The number of phosphoric ester groups is 2. The third-order valence-corrected chi connectivity index (χ3v) is 13.8. The monoisotopic (exact) mass is 1170 g/mol. The molecule has 10 atom stereocenters. The molecule has 7 heterocycles. The van der Waals surface area contributed by atoms with Gasteiger partial charge in [-0.2, -0.15) is 18.7 Å². The first-order valence-electron chi connectivity index (χ1n) is 23.6. The van der Waals surface area contributed by atoms with Crippen LogP contribution in [-0.2, 0) is 70.0 Å². The molecule has 3 saturated heterocycles. The smallest absolute Gasteiger partial charge is 0.420 e. The summed E-state index contributed by atoms with van der Waals surface area (Å²) >= 11 is 0. The molecular weight excluding hydrogens is 1120 g/mol. The van der Waals surface area contributed by atoms with Gasteiger partial charge in [0.1, 0.15) is 36.6 Å². The molecule has 4 aromatic heterocycles. The lowest BCUT2D eigenvalue weighted by Crippen LogP contribution is -2.48. The first-order chi connectivity index (χ1) is 37.6. The quantitative estimate of drug-likeness (QED) is 0.0107. The number of benzene rings is 1. The van der Waals surface area contributed by atoms with Gasteiger partial charge >= 0.3 is 21.6 Å². The van der Waals surface area contributed by atoms with E-state index in [-0.39, 0.29) is 107 Å². The van der Waals surface area contributed by atoms with Gasteiger partial charge in [-0.1, -0.05) is 0 Å². The Hall–Kier alpha value is -5.92. The van der Waals surface area contributed by atoms with Crippen LogP contribution in [-0.4, -0.2) is 182 Å². The molecule has 3 aliphatic heterocycles. The molecule has 1 aromatic carbocycles. The number of carbonyl (C=O) groups excluding carboxylic acids is 2. The number of nitrogens with zero attached hydrogens (tertiary/aromatic N) is 6. The first-order valence-corrected chi connectivity index (χ1v) is 26.6. The second-order valence-corrected chi connectivity index (χ2v) is 20.0. The maximum absolute atomic E-state index is 13.9. The van der Waals surface area contributed by atoms with Gasteiger partial charge in [-0.05, 0) is 6.92 Å². The van der Waals surface area contributed by atoms with E-state index < -0.39 is 142 Å². The first kappa shape index (κ1) is 59.2. The van der Waals surface area contributed by atoms with Gasteiger partial charge in [0.05, 0.1) is 98.4 Å². The van der Waals surface area contributed by atoms with E-state index in [9.17, 15) is 60.8 Å². The number of fused-ring (bicyclic) bond motifs is 4. The second kappa shape index (κ2) is 25.7. The molecule has 3 aliphatic rings. The van der Waals surface area contributed by atoms with Crippen molar-refractivity contribution in [3.05, 3.63) is 62.2 Å². The van der Waals surface area contributed by atoms with Crippen molar-refractivity contribution in [2.75, 3.05) is 90.7 Å². The number of ether oxygens (including phenoxy) is 8. The van der Waals surface area contributed by atoms with Crippen LogP contribution in [0.3, 0.4) is 0 Å². The van der Waals surface area contributed by atoms with Gasteiger partial charge in [0.25, 0.3) is 11.1 Å². The van der Waals surface area contributed by atoms with E-state index >= 15 is 0 Å². The third kappa shape index (κ3) is 14.2. The van der Waals surface area contributed by atoms with Gasteiger partial charge in [0.15, 0.2) is 46.4 Å². The molecular formula is C41H51F4N11O21P2. The minimum atomic E-state index is -5.30. The molecule has 0 aliphatic carbocycles. The summed E-state index contributed by atoms with van der Waals surface area (Å²) in [6.45, 7) is -0.650. The van der Waals surface area contributed by atoms with Crippen LogP contribution >= 0.6 is 15.6 Å². The molecule has 434 valence electrons. The molecule has 0 spiro atoms. The Bertz CT molecular complexity index is 3200. The molecule has 79 heavy (non-hydrogen) atoms. The molecule has 4 unspecified atom stereocenters. The lowest BCUT2D eigenvalue weighted by atomic mass is 10.1. The lowest BCUT2D eigenvalue weighted by molar-refractivity contribution is -0.136. The number of anilines is 2. The number of nitrogens with two attached hydrogens (primary N) is 2. The van der Waals surface area contributed by atoms with Gasteiger partial charge in [-0.25, -0.2) is 27.9 Å². The largest absolute Gasteiger partial charge is 0.472 e. The van der Waals surface area contributed by atoms with E-state index in [4.69, 9.17) is 62.7 Å². The number of hydrogen-bond acceptors (Lipinski definition) is 25. The number of phosphoric acid groups is 2. The van der Waals surface area contributed by atoms with Gasteiger partial charge in [0, 0.05) is 12.0 Å². The van der Waals surface area contributed by atoms with Gasteiger partial charge in [-0.15, -0.1) is 0 Å². The van der Waals surface area contributed by atoms with Crippen molar-refractivity contribution in [3.63, 3.8) is 0 Å². The number of hydrogen-bond donors (Lipinski definition) is 8. The molecule has 5 aromatic rings. The summed E-state index contributed by atoms with van der Waals surface area (Å²) in [6.07, 6.45) is -10.4. The highest BCUT2D eigenvalue weighted by Gasteiger charge is 2.55. The van der Waals surface area contributed by atoms with Crippen molar-refractivity contribution in [2.45, 2.75) is 68.8 Å². The fourth-order valence-electron chi connectivity index (χ4n) is 8.11. The number of esters is 1. The van der Waals surface area contributed by atoms with E-state index in [1.54, 1.807) is 0 Å². The highest BCUT2D eigenvalue weighted by molar-refractivity contribution is 7.47. The van der Waals surface area contributed by atoms with Crippen molar-refractivity contribution < 1.29 is 107 Å². The van der Waals surface area contributed by atoms with E-state index in [1.165, 1.54) is 0 Å². The zero-order chi connectivity index (χ0) is 56.8. The summed E-state index contributed by atoms with van der Waals surface area (Å²) in [4.78, 5) is 93.4. The molecule has 0 bridgehead atoms.